The number of rotatable bonds is 5. The minimum absolute atomic E-state index is 0.453. The van der Waals surface area contributed by atoms with Gasteiger partial charge in [-0.1, -0.05) is 54.6 Å². The van der Waals surface area contributed by atoms with Gasteiger partial charge in [0.15, 0.2) is 0 Å². The monoisotopic (exact) mass is 266 g/mol. The van der Waals surface area contributed by atoms with E-state index >= 15 is 0 Å². The first-order chi connectivity index (χ1) is 9.72. The molecule has 3 heteroatoms. The maximum atomic E-state index is 11.8. The molecule has 0 aliphatic rings. The molecule has 0 spiro atoms. The molecule has 0 saturated heterocycles. The van der Waals surface area contributed by atoms with Crippen molar-refractivity contribution in [2.75, 3.05) is 4.90 Å². The number of hydrogen-bond donors (Lipinski definition) is 1. The summed E-state index contributed by atoms with van der Waals surface area (Å²) >= 11 is 0. The number of carbonyl (C=O) groups is 1. The lowest BCUT2D eigenvalue weighted by Gasteiger charge is -2.23. The summed E-state index contributed by atoms with van der Waals surface area (Å²) in [5.74, 6) is 0. The van der Waals surface area contributed by atoms with Crippen LogP contribution in [0.15, 0.2) is 67.3 Å². The summed E-state index contributed by atoms with van der Waals surface area (Å²) in [6.45, 7) is 4.21. The Bertz CT molecular complexity index is 593. The minimum atomic E-state index is -0.453. The highest BCUT2D eigenvalue weighted by atomic mass is 16.2. The molecule has 0 aliphatic heterocycles. The number of primary amides is 1. The molecule has 102 valence electrons. The molecule has 0 unspecified atom stereocenters. The zero-order valence-corrected chi connectivity index (χ0v) is 11.3. The maximum Gasteiger partial charge on any atom is 0.319 e. The molecule has 0 saturated carbocycles. The van der Waals surface area contributed by atoms with Crippen LogP contribution in [0.3, 0.4) is 0 Å². The smallest absolute Gasteiger partial charge is 0.319 e. The van der Waals surface area contributed by atoms with Crippen molar-refractivity contribution < 1.29 is 4.79 Å². The number of carbonyl (C=O) groups excluding carboxylic acids is 1. The topological polar surface area (TPSA) is 46.3 Å². The summed E-state index contributed by atoms with van der Waals surface area (Å²) in [6.07, 6.45) is 2.52. The number of allylic oxidation sites excluding steroid dienone is 1. The van der Waals surface area contributed by atoms with Crippen LogP contribution in [0, 0.1) is 0 Å². The number of amides is 2. The summed E-state index contributed by atoms with van der Waals surface area (Å²) in [7, 11) is 0. The predicted molar refractivity (Wildman–Crippen MR) is 82.6 cm³/mol. The standard InChI is InChI=1S/C17H18N2O/c1-2-8-15-11-6-7-12-16(15)19(17(18)20)13-14-9-4-3-5-10-14/h2-7,9-12H,1,8,13H2,(H2,18,20). The van der Waals surface area contributed by atoms with Crippen LogP contribution in [0.2, 0.25) is 0 Å². The molecule has 0 aromatic heterocycles. The maximum absolute atomic E-state index is 11.8. The van der Waals surface area contributed by atoms with Gasteiger partial charge < -0.3 is 5.73 Å². The van der Waals surface area contributed by atoms with E-state index < -0.39 is 6.03 Å². The van der Waals surface area contributed by atoms with Crippen LogP contribution < -0.4 is 10.6 Å². The van der Waals surface area contributed by atoms with Gasteiger partial charge in [-0.2, -0.15) is 0 Å². The minimum Gasteiger partial charge on any atom is -0.351 e. The van der Waals surface area contributed by atoms with Crippen molar-refractivity contribution in [1.82, 2.24) is 0 Å². The van der Waals surface area contributed by atoms with Crippen molar-refractivity contribution in [3.8, 4) is 0 Å². The van der Waals surface area contributed by atoms with E-state index in [2.05, 4.69) is 6.58 Å². The Morgan fingerprint density at radius 1 is 1.10 bits per heavy atom. The van der Waals surface area contributed by atoms with Crippen LogP contribution in [0.25, 0.3) is 0 Å². The first kappa shape index (κ1) is 13.9. The highest BCUT2D eigenvalue weighted by Gasteiger charge is 2.15. The molecule has 0 heterocycles. The molecule has 2 rings (SSSR count). The van der Waals surface area contributed by atoms with Gasteiger partial charge in [0, 0.05) is 5.69 Å². The second kappa shape index (κ2) is 6.57. The molecule has 2 amide bonds. The van der Waals surface area contributed by atoms with Gasteiger partial charge in [-0.25, -0.2) is 4.79 Å². The molecule has 0 radical (unpaired) electrons. The largest absolute Gasteiger partial charge is 0.351 e. The number of para-hydroxylation sites is 1. The fraction of sp³-hybridized carbons (Fsp3) is 0.118. The molecule has 0 fully saturated rings. The van der Waals surface area contributed by atoms with Crippen molar-refractivity contribution in [3.63, 3.8) is 0 Å². The second-order valence-electron chi connectivity index (χ2n) is 4.53. The lowest BCUT2D eigenvalue weighted by molar-refractivity contribution is 0.253. The average molecular weight is 266 g/mol. The fourth-order valence-electron chi connectivity index (χ4n) is 2.15. The van der Waals surface area contributed by atoms with Crippen LogP contribution in [-0.2, 0) is 13.0 Å². The predicted octanol–water partition coefficient (Wildman–Crippen LogP) is 3.50. The van der Waals surface area contributed by atoms with E-state index in [0.717, 1.165) is 16.8 Å². The van der Waals surface area contributed by atoms with E-state index in [4.69, 9.17) is 5.73 Å². The normalized spacial score (nSPS) is 10.0. The second-order valence-corrected chi connectivity index (χ2v) is 4.53. The number of benzene rings is 2. The summed E-state index contributed by atoms with van der Waals surface area (Å²) in [4.78, 5) is 13.4. The SMILES string of the molecule is C=CCc1ccccc1N(Cc1ccccc1)C(N)=O. The third-order valence-electron chi connectivity index (χ3n) is 3.10. The van der Waals surface area contributed by atoms with Gasteiger partial charge in [0.25, 0.3) is 0 Å². The number of nitrogens with two attached hydrogens (primary N) is 1. The van der Waals surface area contributed by atoms with Crippen molar-refractivity contribution in [2.45, 2.75) is 13.0 Å². The number of anilines is 1. The van der Waals surface area contributed by atoms with E-state index in [0.29, 0.717) is 13.0 Å². The molecule has 20 heavy (non-hydrogen) atoms. The summed E-state index contributed by atoms with van der Waals surface area (Å²) < 4.78 is 0. The fourth-order valence-corrected chi connectivity index (χ4v) is 2.15. The Morgan fingerprint density at radius 2 is 1.75 bits per heavy atom. The first-order valence-corrected chi connectivity index (χ1v) is 6.52. The Morgan fingerprint density at radius 3 is 2.40 bits per heavy atom. The average Bonchev–Trinajstić information content (AvgIpc) is 2.47. The van der Waals surface area contributed by atoms with Gasteiger partial charge in [0.05, 0.1) is 6.54 Å². The Labute approximate surface area is 119 Å². The molecular formula is C17H18N2O. The van der Waals surface area contributed by atoms with Gasteiger partial charge in [0.1, 0.15) is 0 Å². The zero-order valence-electron chi connectivity index (χ0n) is 11.3. The van der Waals surface area contributed by atoms with E-state index in [1.54, 1.807) is 4.90 Å². The molecule has 2 N–H and O–H groups in total. The molecule has 2 aromatic carbocycles. The van der Waals surface area contributed by atoms with Crippen molar-refractivity contribution in [3.05, 3.63) is 78.4 Å². The summed E-state index contributed by atoms with van der Waals surface area (Å²) in [5.41, 5.74) is 8.46. The number of hydrogen-bond acceptors (Lipinski definition) is 1. The van der Waals surface area contributed by atoms with Gasteiger partial charge >= 0.3 is 6.03 Å². The Kier molecular flexibility index (Phi) is 4.56. The van der Waals surface area contributed by atoms with Gasteiger partial charge in [-0.3, -0.25) is 4.90 Å². The molecule has 0 bridgehead atoms. The molecule has 2 aromatic rings. The van der Waals surface area contributed by atoms with Crippen molar-refractivity contribution in [1.29, 1.82) is 0 Å². The molecule has 3 nitrogen and oxygen atoms in total. The van der Waals surface area contributed by atoms with Crippen LogP contribution in [0.1, 0.15) is 11.1 Å². The van der Waals surface area contributed by atoms with Crippen LogP contribution in [0.5, 0.6) is 0 Å². The van der Waals surface area contributed by atoms with Gasteiger partial charge in [-0.05, 0) is 23.6 Å². The lowest BCUT2D eigenvalue weighted by Crippen LogP contribution is -2.35. The Hall–Kier alpha value is -2.55. The van der Waals surface area contributed by atoms with Crippen LogP contribution >= 0.6 is 0 Å². The quantitative estimate of drug-likeness (QED) is 0.827. The third-order valence-corrected chi connectivity index (χ3v) is 3.10. The van der Waals surface area contributed by atoms with E-state index in [1.165, 1.54) is 0 Å². The number of urea groups is 1. The molecular weight excluding hydrogens is 248 g/mol. The van der Waals surface area contributed by atoms with Crippen molar-refractivity contribution >= 4 is 11.7 Å². The van der Waals surface area contributed by atoms with Crippen LogP contribution in [0.4, 0.5) is 10.5 Å². The van der Waals surface area contributed by atoms with E-state index in [-0.39, 0.29) is 0 Å². The highest BCUT2D eigenvalue weighted by Crippen LogP contribution is 2.23. The molecule has 0 aliphatic carbocycles. The third kappa shape index (κ3) is 3.26. The summed E-state index contributed by atoms with van der Waals surface area (Å²) in [5, 5.41) is 0. The van der Waals surface area contributed by atoms with Crippen molar-refractivity contribution in [2.24, 2.45) is 5.73 Å². The van der Waals surface area contributed by atoms with Crippen LogP contribution in [-0.4, -0.2) is 6.03 Å². The van der Waals surface area contributed by atoms with Gasteiger partial charge in [0.2, 0.25) is 0 Å². The molecule has 0 atom stereocenters. The van der Waals surface area contributed by atoms with E-state index in [9.17, 15) is 4.79 Å². The highest BCUT2D eigenvalue weighted by molar-refractivity contribution is 5.91. The Balaban J connectivity index is 2.34. The van der Waals surface area contributed by atoms with E-state index in [1.807, 2.05) is 60.7 Å². The number of nitrogens with zero attached hydrogens (tertiary/aromatic N) is 1. The van der Waals surface area contributed by atoms with Gasteiger partial charge in [-0.15, -0.1) is 6.58 Å². The lowest BCUT2D eigenvalue weighted by atomic mass is 10.1. The first-order valence-electron chi connectivity index (χ1n) is 6.52. The summed E-state index contributed by atoms with van der Waals surface area (Å²) in [6, 6.07) is 17.1. The zero-order chi connectivity index (χ0) is 14.4.